The van der Waals surface area contributed by atoms with E-state index in [0.717, 1.165) is 29.5 Å². The molecule has 5 nitrogen and oxygen atoms in total. The topological polar surface area (TPSA) is 49.3 Å². The van der Waals surface area contributed by atoms with Crippen molar-refractivity contribution in [1.29, 1.82) is 0 Å². The molecule has 0 saturated carbocycles. The van der Waals surface area contributed by atoms with E-state index in [1.807, 2.05) is 59.5 Å². The number of thioether (sulfide) groups is 1. The second kappa shape index (κ2) is 8.89. The second-order valence-electron chi connectivity index (χ2n) is 6.58. The molecule has 1 aliphatic rings. The highest BCUT2D eigenvalue weighted by Gasteiger charge is 2.30. The molecule has 0 spiro atoms. The van der Waals surface area contributed by atoms with Crippen LogP contribution in [0.5, 0.6) is 0 Å². The summed E-state index contributed by atoms with van der Waals surface area (Å²) >= 11 is 1.61. The molecule has 0 bridgehead atoms. The normalized spacial score (nSPS) is 15.3. The third-order valence-electron chi connectivity index (χ3n) is 4.75. The number of amides is 1. The standard InChI is InChI=1S/C22H22N4OS/c27-21(25-14-16-26(17-15-25)22-23-12-7-13-24-22)20(18-8-3-1-4-9-18)28-19-10-5-2-6-11-19/h1-13,20H,14-17H2/t20-/m1/s1. The maximum Gasteiger partial charge on any atom is 0.240 e. The van der Waals surface area contributed by atoms with Crippen LogP contribution in [0.25, 0.3) is 0 Å². The molecular weight excluding hydrogens is 368 g/mol. The van der Waals surface area contributed by atoms with Crippen molar-refractivity contribution in [3.63, 3.8) is 0 Å². The molecule has 1 atom stereocenters. The Labute approximate surface area is 169 Å². The first-order valence-electron chi connectivity index (χ1n) is 9.39. The van der Waals surface area contributed by atoms with E-state index in [2.05, 4.69) is 27.0 Å². The highest BCUT2D eigenvalue weighted by Crippen LogP contribution is 2.36. The third kappa shape index (κ3) is 4.34. The third-order valence-corrected chi connectivity index (χ3v) is 6.00. The minimum absolute atomic E-state index is 0.161. The number of aromatic nitrogens is 2. The van der Waals surface area contributed by atoms with Crippen LogP contribution in [0.2, 0.25) is 0 Å². The van der Waals surface area contributed by atoms with E-state index >= 15 is 0 Å². The summed E-state index contributed by atoms with van der Waals surface area (Å²) in [7, 11) is 0. The first kappa shape index (κ1) is 18.5. The van der Waals surface area contributed by atoms with Crippen LogP contribution in [0.15, 0.2) is 84.0 Å². The van der Waals surface area contributed by atoms with Crippen LogP contribution < -0.4 is 4.90 Å². The molecule has 1 saturated heterocycles. The molecule has 1 aromatic heterocycles. The summed E-state index contributed by atoms with van der Waals surface area (Å²) in [6.45, 7) is 2.84. The predicted octanol–water partition coefficient (Wildman–Crippen LogP) is 3.66. The van der Waals surface area contributed by atoms with Crippen LogP contribution in [0.1, 0.15) is 10.8 Å². The maximum absolute atomic E-state index is 13.4. The van der Waals surface area contributed by atoms with Crippen LogP contribution in [0.4, 0.5) is 5.95 Å². The van der Waals surface area contributed by atoms with Crippen LogP contribution in [0.3, 0.4) is 0 Å². The number of hydrogen-bond acceptors (Lipinski definition) is 5. The van der Waals surface area contributed by atoms with Gasteiger partial charge in [-0.05, 0) is 23.8 Å². The van der Waals surface area contributed by atoms with E-state index in [4.69, 9.17) is 0 Å². The maximum atomic E-state index is 13.4. The van der Waals surface area contributed by atoms with Gasteiger partial charge in [0.1, 0.15) is 5.25 Å². The highest BCUT2D eigenvalue weighted by atomic mass is 32.2. The molecule has 6 heteroatoms. The number of nitrogens with zero attached hydrogens (tertiary/aromatic N) is 4. The molecule has 2 aromatic carbocycles. The fourth-order valence-corrected chi connectivity index (χ4v) is 4.40. The van der Waals surface area contributed by atoms with Gasteiger partial charge in [0.05, 0.1) is 0 Å². The highest BCUT2D eigenvalue weighted by molar-refractivity contribution is 8.00. The van der Waals surface area contributed by atoms with E-state index in [1.54, 1.807) is 24.2 Å². The van der Waals surface area contributed by atoms with E-state index in [-0.39, 0.29) is 11.2 Å². The van der Waals surface area contributed by atoms with Crippen molar-refractivity contribution in [2.75, 3.05) is 31.1 Å². The predicted molar refractivity (Wildman–Crippen MR) is 112 cm³/mol. The molecule has 2 heterocycles. The smallest absolute Gasteiger partial charge is 0.240 e. The molecule has 1 amide bonds. The van der Waals surface area contributed by atoms with Gasteiger partial charge in [0, 0.05) is 43.5 Å². The van der Waals surface area contributed by atoms with Gasteiger partial charge in [0.2, 0.25) is 11.9 Å². The minimum Gasteiger partial charge on any atom is -0.338 e. The van der Waals surface area contributed by atoms with Crippen molar-refractivity contribution in [1.82, 2.24) is 14.9 Å². The molecule has 28 heavy (non-hydrogen) atoms. The summed E-state index contributed by atoms with van der Waals surface area (Å²) in [6, 6.07) is 22.0. The number of piperazine rings is 1. The molecule has 0 aliphatic carbocycles. The zero-order chi connectivity index (χ0) is 19.2. The Bertz CT molecular complexity index is 884. The van der Waals surface area contributed by atoms with Gasteiger partial charge >= 0.3 is 0 Å². The Balaban J connectivity index is 1.48. The quantitative estimate of drug-likeness (QED) is 0.622. The number of hydrogen-bond donors (Lipinski definition) is 0. The summed E-state index contributed by atoms with van der Waals surface area (Å²) in [4.78, 5) is 27.2. The van der Waals surface area contributed by atoms with Gasteiger partial charge in [-0.2, -0.15) is 0 Å². The summed E-state index contributed by atoms with van der Waals surface area (Å²) in [5, 5.41) is -0.247. The average Bonchev–Trinajstić information content (AvgIpc) is 2.79. The molecule has 142 valence electrons. The Kier molecular flexibility index (Phi) is 5.87. The summed E-state index contributed by atoms with van der Waals surface area (Å²) in [5.41, 5.74) is 1.04. The van der Waals surface area contributed by atoms with E-state index in [9.17, 15) is 4.79 Å². The Morgan fingerprint density at radius 1 is 0.821 bits per heavy atom. The second-order valence-corrected chi connectivity index (χ2v) is 7.76. The van der Waals surface area contributed by atoms with Crippen molar-refractivity contribution >= 4 is 23.6 Å². The summed E-state index contributed by atoms with van der Waals surface area (Å²) in [5.74, 6) is 0.890. The SMILES string of the molecule is O=C([C@H](Sc1ccccc1)c1ccccc1)N1CCN(c2ncccn2)CC1. The Morgan fingerprint density at radius 3 is 2.07 bits per heavy atom. The lowest BCUT2D eigenvalue weighted by atomic mass is 10.1. The lowest BCUT2D eigenvalue weighted by Crippen LogP contribution is -2.50. The number of carbonyl (C=O) groups is 1. The van der Waals surface area contributed by atoms with Crippen molar-refractivity contribution < 1.29 is 4.79 Å². The van der Waals surface area contributed by atoms with E-state index in [0.29, 0.717) is 13.1 Å². The zero-order valence-corrected chi connectivity index (χ0v) is 16.3. The fourth-order valence-electron chi connectivity index (χ4n) is 3.27. The molecular formula is C22H22N4OS. The van der Waals surface area contributed by atoms with Crippen LogP contribution in [-0.2, 0) is 4.79 Å². The first-order chi connectivity index (χ1) is 13.8. The number of carbonyl (C=O) groups excluding carboxylic acids is 1. The van der Waals surface area contributed by atoms with Crippen LogP contribution in [0, 0.1) is 0 Å². The molecule has 1 fully saturated rings. The van der Waals surface area contributed by atoms with Gasteiger partial charge in [-0.1, -0.05) is 48.5 Å². The number of rotatable bonds is 5. The lowest BCUT2D eigenvalue weighted by Gasteiger charge is -2.36. The van der Waals surface area contributed by atoms with Crippen LogP contribution in [-0.4, -0.2) is 47.0 Å². The minimum atomic E-state index is -0.247. The Morgan fingerprint density at radius 2 is 1.43 bits per heavy atom. The monoisotopic (exact) mass is 390 g/mol. The average molecular weight is 391 g/mol. The molecule has 3 aromatic rings. The first-order valence-corrected chi connectivity index (χ1v) is 10.3. The van der Waals surface area contributed by atoms with Gasteiger partial charge < -0.3 is 9.80 Å². The number of anilines is 1. The van der Waals surface area contributed by atoms with E-state index < -0.39 is 0 Å². The van der Waals surface area contributed by atoms with Gasteiger partial charge in [-0.25, -0.2) is 9.97 Å². The van der Waals surface area contributed by atoms with Crippen LogP contribution >= 0.6 is 11.8 Å². The molecule has 4 rings (SSSR count). The summed E-state index contributed by atoms with van der Waals surface area (Å²) in [6.07, 6.45) is 3.50. The van der Waals surface area contributed by atoms with Crippen molar-refractivity contribution in [2.45, 2.75) is 10.1 Å². The van der Waals surface area contributed by atoms with Crippen molar-refractivity contribution in [2.24, 2.45) is 0 Å². The summed E-state index contributed by atoms with van der Waals surface area (Å²) < 4.78 is 0. The van der Waals surface area contributed by atoms with Gasteiger partial charge in [0.25, 0.3) is 0 Å². The molecule has 1 aliphatic heterocycles. The van der Waals surface area contributed by atoms with Gasteiger partial charge in [0.15, 0.2) is 0 Å². The fraction of sp³-hybridized carbons (Fsp3) is 0.227. The molecule has 0 radical (unpaired) electrons. The van der Waals surface area contributed by atoms with E-state index in [1.165, 1.54) is 0 Å². The zero-order valence-electron chi connectivity index (χ0n) is 15.5. The molecule has 0 N–H and O–H groups in total. The largest absolute Gasteiger partial charge is 0.338 e. The van der Waals surface area contributed by atoms with Crippen molar-refractivity contribution in [3.8, 4) is 0 Å². The Hall–Kier alpha value is -2.86. The lowest BCUT2D eigenvalue weighted by molar-refractivity contribution is -0.131. The van der Waals surface area contributed by atoms with Gasteiger partial charge in [-0.15, -0.1) is 11.8 Å². The molecule has 0 unspecified atom stereocenters. The van der Waals surface area contributed by atoms with Crippen molar-refractivity contribution in [3.05, 3.63) is 84.7 Å². The van der Waals surface area contributed by atoms with Gasteiger partial charge in [-0.3, -0.25) is 4.79 Å². The number of benzene rings is 2.